The molecule has 0 saturated carbocycles. The fourth-order valence-electron chi connectivity index (χ4n) is 3.09. The predicted octanol–water partition coefficient (Wildman–Crippen LogP) is 6.06. The van der Waals surface area contributed by atoms with Gasteiger partial charge in [0.15, 0.2) is 17.4 Å². The number of hydrogen-bond donors (Lipinski definition) is 1. The normalized spacial score (nSPS) is 10.8. The summed E-state index contributed by atoms with van der Waals surface area (Å²) in [6.45, 7) is 0.0623. The van der Waals surface area contributed by atoms with Crippen LogP contribution in [0.25, 0.3) is 17.1 Å². The van der Waals surface area contributed by atoms with Crippen molar-refractivity contribution in [3.63, 3.8) is 0 Å². The minimum atomic E-state index is 0.0623. The molecule has 9 heteroatoms. The third kappa shape index (κ3) is 4.42. The van der Waals surface area contributed by atoms with E-state index in [1.165, 1.54) is 0 Å². The van der Waals surface area contributed by atoms with Gasteiger partial charge in [0, 0.05) is 22.0 Å². The number of para-hydroxylation sites is 1. The van der Waals surface area contributed by atoms with Gasteiger partial charge in [0.25, 0.3) is 0 Å². The Balaban J connectivity index is 1.77. The van der Waals surface area contributed by atoms with Gasteiger partial charge in [-0.2, -0.15) is 0 Å². The molecule has 6 nitrogen and oxygen atoms in total. The molecule has 0 spiro atoms. The molecule has 0 aliphatic heterocycles. The van der Waals surface area contributed by atoms with Gasteiger partial charge in [-0.3, -0.25) is 4.57 Å². The van der Waals surface area contributed by atoms with E-state index in [-0.39, 0.29) is 6.61 Å². The quantitative estimate of drug-likeness (QED) is 0.343. The van der Waals surface area contributed by atoms with Crippen LogP contribution in [0.15, 0.2) is 60.7 Å². The molecule has 1 aromatic heterocycles. The first-order valence-electron chi connectivity index (χ1n) is 9.19. The highest BCUT2D eigenvalue weighted by Crippen LogP contribution is 2.36. The van der Waals surface area contributed by atoms with Gasteiger partial charge in [-0.25, -0.2) is 0 Å². The number of hydrogen-bond acceptors (Lipinski definition) is 5. The molecule has 0 aliphatic rings. The summed E-state index contributed by atoms with van der Waals surface area (Å²) in [5.74, 6) is 2.16. The molecule has 0 bridgehead atoms. The fourth-order valence-corrected chi connectivity index (χ4v) is 4.02. The number of ether oxygens (including phenoxy) is 2. The monoisotopic (exact) mass is 474 g/mol. The Labute approximate surface area is 194 Å². The second-order valence-corrected chi connectivity index (χ2v) is 7.80. The molecule has 4 rings (SSSR count). The van der Waals surface area contributed by atoms with E-state index in [9.17, 15) is 0 Å². The van der Waals surface area contributed by atoms with E-state index in [1.807, 2.05) is 53.1 Å². The number of halogens is 3. The largest absolute Gasteiger partial charge is 0.497 e. The number of nitrogens with two attached hydrogens (primary N) is 1. The Morgan fingerprint density at radius 3 is 2.26 bits per heavy atom. The number of nitrogens with zero attached hydrogens (tertiary/aromatic N) is 3. The molecule has 0 radical (unpaired) electrons. The van der Waals surface area contributed by atoms with Crippen LogP contribution in [-0.2, 0) is 6.61 Å². The summed E-state index contributed by atoms with van der Waals surface area (Å²) in [7, 11) is 1.61. The number of benzene rings is 3. The summed E-state index contributed by atoms with van der Waals surface area (Å²) in [5, 5.41) is 9.74. The van der Waals surface area contributed by atoms with E-state index >= 15 is 0 Å². The SMILES string of the molecule is COc1ccc(-n2c(COc3c(Cl)cc(Cl)cc3Cl)nnc2-c2ccccc2N)cc1. The van der Waals surface area contributed by atoms with Gasteiger partial charge >= 0.3 is 0 Å². The smallest absolute Gasteiger partial charge is 0.175 e. The molecule has 4 aromatic rings. The zero-order valence-electron chi connectivity index (χ0n) is 16.3. The van der Waals surface area contributed by atoms with E-state index < -0.39 is 0 Å². The highest BCUT2D eigenvalue weighted by atomic mass is 35.5. The van der Waals surface area contributed by atoms with E-state index in [1.54, 1.807) is 19.2 Å². The molecule has 31 heavy (non-hydrogen) atoms. The first-order chi connectivity index (χ1) is 15.0. The Hall–Kier alpha value is -2.93. The van der Waals surface area contributed by atoms with Gasteiger partial charge in [-0.1, -0.05) is 46.9 Å². The van der Waals surface area contributed by atoms with Crippen LogP contribution in [-0.4, -0.2) is 21.9 Å². The van der Waals surface area contributed by atoms with Crippen LogP contribution in [0.4, 0.5) is 5.69 Å². The maximum atomic E-state index is 6.25. The van der Waals surface area contributed by atoms with Crippen molar-refractivity contribution < 1.29 is 9.47 Å². The molecule has 2 N–H and O–H groups in total. The van der Waals surface area contributed by atoms with Crippen LogP contribution in [0.1, 0.15) is 5.82 Å². The van der Waals surface area contributed by atoms with Crippen LogP contribution < -0.4 is 15.2 Å². The molecule has 0 aliphatic carbocycles. The maximum absolute atomic E-state index is 6.25. The number of nitrogen functional groups attached to an aromatic ring is 1. The lowest BCUT2D eigenvalue weighted by Gasteiger charge is -2.14. The van der Waals surface area contributed by atoms with Gasteiger partial charge in [0.1, 0.15) is 12.4 Å². The number of rotatable bonds is 6. The van der Waals surface area contributed by atoms with Gasteiger partial charge in [-0.05, 0) is 48.5 Å². The lowest BCUT2D eigenvalue weighted by molar-refractivity contribution is 0.294. The molecule has 0 amide bonds. The predicted molar refractivity (Wildman–Crippen MR) is 124 cm³/mol. The average Bonchev–Trinajstić information content (AvgIpc) is 3.17. The van der Waals surface area contributed by atoms with Crippen LogP contribution >= 0.6 is 34.8 Å². The van der Waals surface area contributed by atoms with Gasteiger partial charge < -0.3 is 15.2 Å². The first kappa shape index (κ1) is 21.3. The summed E-state index contributed by atoms with van der Waals surface area (Å²) >= 11 is 18.5. The molecule has 3 aromatic carbocycles. The van der Waals surface area contributed by atoms with E-state index in [2.05, 4.69) is 10.2 Å². The molecule has 158 valence electrons. The second-order valence-electron chi connectivity index (χ2n) is 6.55. The third-order valence-electron chi connectivity index (χ3n) is 4.57. The first-order valence-corrected chi connectivity index (χ1v) is 10.3. The highest BCUT2D eigenvalue weighted by molar-refractivity contribution is 6.40. The Bertz CT molecular complexity index is 1200. The standard InChI is InChI=1S/C22H17Cl3N4O2/c1-30-15-8-6-14(7-9-15)29-20(12-31-21-17(24)10-13(23)11-18(21)25)27-28-22(29)16-4-2-3-5-19(16)26/h2-11H,12,26H2,1H3. The average molecular weight is 476 g/mol. The Kier molecular flexibility index (Phi) is 6.23. The lowest BCUT2D eigenvalue weighted by Crippen LogP contribution is -2.08. The molecular formula is C22H17Cl3N4O2. The third-order valence-corrected chi connectivity index (χ3v) is 5.35. The molecule has 0 saturated heterocycles. The summed E-state index contributed by atoms with van der Waals surface area (Å²) in [4.78, 5) is 0. The van der Waals surface area contributed by atoms with Crippen molar-refractivity contribution in [2.24, 2.45) is 0 Å². The Morgan fingerprint density at radius 2 is 1.61 bits per heavy atom. The fraction of sp³-hybridized carbons (Fsp3) is 0.0909. The van der Waals surface area contributed by atoms with Crippen LogP contribution in [0.3, 0.4) is 0 Å². The molecular weight excluding hydrogens is 459 g/mol. The summed E-state index contributed by atoms with van der Waals surface area (Å²) in [5.41, 5.74) is 8.34. The second kappa shape index (κ2) is 9.06. The van der Waals surface area contributed by atoms with E-state index in [4.69, 9.17) is 50.0 Å². The molecule has 0 fully saturated rings. The van der Waals surface area contributed by atoms with E-state index in [0.29, 0.717) is 38.2 Å². The van der Waals surface area contributed by atoms with Crippen molar-refractivity contribution in [3.8, 4) is 28.6 Å². The summed E-state index contributed by atoms with van der Waals surface area (Å²) in [6, 6.07) is 18.1. The minimum absolute atomic E-state index is 0.0623. The van der Waals surface area contributed by atoms with Crippen LogP contribution in [0.5, 0.6) is 11.5 Å². The zero-order valence-corrected chi connectivity index (χ0v) is 18.6. The topological polar surface area (TPSA) is 75.2 Å². The van der Waals surface area contributed by atoms with Crippen molar-refractivity contribution in [3.05, 3.63) is 81.6 Å². The molecule has 0 unspecified atom stereocenters. The summed E-state index contributed by atoms with van der Waals surface area (Å²) < 4.78 is 13.0. The Morgan fingerprint density at radius 1 is 0.935 bits per heavy atom. The number of anilines is 1. The van der Waals surface area contributed by atoms with Gasteiger partial charge in [0.05, 0.1) is 17.2 Å². The number of aromatic nitrogens is 3. The number of methoxy groups -OCH3 is 1. The van der Waals surface area contributed by atoms with Crippen molar-refractivity contribution >= 4 is 40.5 Å². The minimum Gasteiger partial charge on any atom is -0.497 e. The van der Waals surface area contributed by atoms with Crippen molar-refractivity contribution in [2.75, 3.05) is 12.8 Å². The van der Waals surface area contributed by atoms with Crippen molar-refractivity contribution in [1.82, 2.24) is 14.8 Å². The summed E-state index contributed by atoms with van der Waals surface area (Å²) in [6.07, 6.45) is 0. The maximum Gasteiger partial charge on any atom is 0.175 e. The molecule has 1 heterocycles. The highest BCUT2D eigenvalue weighted by Gasteiger charge is 2.19. The molecule has 0 atom stereocenters. The van der Waals surface area contributed by atoms with Gasteiger partial charge in [-0.15, -0.1) is 10.2 Å². The van der Waals surface area contributed by atoms with Crippen molar-refractivity contribution in [1.29, 1.82) is 0 Å². The van der Waals surface area contributed by atoms with Crippen LogP contribution in [0, 0.1) is 0 Å². The van der Waals surface area contributed by atoms with E-state index in [0.717, 1.165) is 17.0 Å². The lowest BCUT2D eigenvalue weighted by atomic mass is 10.1. The van der Waals surface area contributed by atoms with Crippen molar-refractivity contribution in [2.45, 2.75) is 6.61 Å². The van der Waals surface area contributed by atoms with Gasteiger partial charge in [0.2, 0.25) is 0 Å². The zero-order chi connectivity index (χ0) is 22.0. The van der Waals surface area contributed by atoms with Crippen LogP contribution in [0.2, 0.25) is 15.1 Å².